The van der Waals surface area contributed by atoms with Crippen LogP contribution in [0, 0.1) is 27.7 Å². The van der Waals surface area contributed by atoms with Crippen molar-refractivity contribution >= 4 is 15.5 Å². The third kappa shape index (κ3) is 1.74. The van der Waals surface area contributed by atoms with Gasteiger partial charge in [-0.3, -0.25) is 7.91 Å². The van der Waals surface area contributed by atoms with E-state index in [9.17, 15) is 0 Å². The first-order valence-electron chi connectivity index (χ1n) is 5.00. The summed E-state index contributed by atoms with van der Waals surface area (Å²) in [4.78, 5) is 0. The van der Waals surface area contributed by atoms with Crippen LogP contribution < -0.4 is 0 Å². The molecule has 0 aromatic carbocycles. The second-order valence-electron chi connectivity index (χ2n) is 5.12. The van der Waals surface area contributed by atoms with Gasteiger partial charge in [0.05, 0.1) is 0 Å². The molecule has 0 spiro atoms. The van der Waals surface area contributed by atoms with Gasteiger partial charge in [0.1, 0.15) is 0 Å². The van der Waals surface area contributed by atoms with Crippen molar-refractivity contribution in [1.82, 2.24) is 0 Å². The predicted molar refractivity (Wildman–Crippen MR) is 65.7 cm³/mol. The summed E-state index contributed by atoms with van der Waals surface area (Å²) in [6.07, 6.45) is 0. The molecular formula is C11H21Si2-. The van der Waals surface area contributed by atoms with Gasteiger partial charge in [0.25, 0.3) is 0 Å². The lowest BCUT2D eigenvalue weighted by atomic mass is 10.2. The van der Waals surface area contributed by atoms with Crippen LogP contribution in [0.4, 0.5) is 0 Å². The molecule has 1 aromatic rings. The molecule has 0 atom stereocenters. The maximum Gasteiger partial charge on any atom is -0.0426 e. The fourth-order valence-corrected chi connectivity index (χ4v) is 14.2. The second kappa shape index (κ2) is 3.24. The van der Waals surface area contributed by atoms with E-state index in [1.165, 1.54) is 0 Å². The molecular weight excluding hydrogens is 188 g/mol. The second-order valence-corrected chi connectivity index (χ2v) is 17.9. The molecule has 13 heavy (non-hydrogen) atoms. The van der Waals surface area contributed by atoms with Crippen molar-refractivity contribution in [3.05, 3.63) is 21.5 Å². The minimum atomic E-state index is -0.948. The highest BCUT2D eigenvalue weighted by Gasteiger charge is 2.12. The van der Waals surface area contributed by atoms with Gasteiger partial charge in [0.15, 0.2) is 0 Å². The molecule has 0 saturated heterocycles. The molecule has 2 heteroatoms. The molecule has 0 amide bonds. The summed E-state index contributed by atoms with van der Waals surface area (Å²) in [6.45, 7) is 16.9. The van der Waals surface area contributed by atoms with Gasteiger partial charge in [-0.05, 0) is 13.8 Å². The van der Waals surface area contributed by atoms with Crippen molar-refractivity contribution in [3.8, 4) is 0 Å². The van der Waals surface area contributed by atoms with E-state index in [2.05, 4.69) is 47.3 Å². The average molecular weight is 209 g/mol. The molecule has 1 heterocycles. The molecule has 0 unspecified atom stereocenters. The molecule has 74 valence electrons. The van der Waals surface area contributed by atoms with Gasteiger partial charge in [-0.1, -0.05) is 52.2 Å². The number of rotatable bonds is 1. The SMILES string of the molecule is Cc1c(C)c(C)[si-]([Si](C)(C)C)c1C. The van der Waals surface area contributed by atoms with Gasteiger partial charge in [0.2, 0.25) is 0 Å². The quantitative estimate of drug-likeness (QED) is 0.622. The van der Waals surface area contributed by atoms with Crippen LogP contribution in [-0.4, -0.2) is 15.5 Å². The summed E-state index contributed by atoms with van der Waals surface area (Å²) in [5.41, 5.74) is 3.18. The zero-order valence-electron chi connectivity index (χ0n) is 10.0. The first kappa shape index (κ1) is 11.0. The van der Waals surface area contributed by atoms with E-state index in [1.54, 1.807) is 21.5 Å². The van der Waals surface area contributed by atoms with Gasteiger partial charge in [-0.25, -0.2) is 10.3 Å². The van der Waals surface area contributed by atoms with Gasteiger partial charge in [-0.2, -0.15) is 0 Å². The smallest absolute Gasteiger partial charge is 0.0426 e. The minimum Gasteiger partial charge on any atom is -0.260 e. The van der Waals surface area contributed by atoms with Crippen LogP contribution >= 0.6 is 0 Å². The first-order chi connectivity index (χ1) is 5.76. The maximum atomic E-state index is 2.51. The van der Waals surface area contributed by atoms with E-state index in [-0.39, 0.29) is 7.91 Å². The Kier molecular flexibility index (Phi) is 2.74. The molecule has 0 nitrogen and oxygen atoms in total. The Balaban J connectivity index is 3.47. The zero-order valence-corrected chi connectivity index (χ0v) is 12.0. The Morgan fingerprint density at radius 3 is 1.23 bits per heavy atom. The standard InChI is InChI=1S/C11H21Si2/c1-8-9(2)11(4)12(10(8)3)13(5,6)7/h1-7H3/q-1. The van der Waals surface area contributed by atoms with E-state index in [0.717, 1.165) is 0 Å². The van der Waals surface area contributed by atoms with Crippen molar-refractivity contribution < 1.29 is 0 Å². The fraction of sp³-hybridized carbons (Fsp3) is 0.636. The molecule has 0 aliphatic heterocycles. The summed E-state index contributed by atoms with van der Waals surface area (Å²) in [5, 5.41) is 3.47. The largest absolute Gasteiger partial charge is 0.260 e. The van der Waals surface area contributed by atoms with Crippen LogP contribution in [0.2, 0.25) is 19.6 Å². The Morgan fingerprint density at radius 2 is 1.08 bits per heavy atom. The Morgan fingerprint density at radius 1 is 0.769 bits per heavy atom. The highest BCUT2D eigenvalue weighted by atomic mass is 29.2. The normalized spacial score (nSPS) is 12.2. The molecule has 1 aromatic heterocycles. The van der Waals surface area contributed by atoms with E-state index < -0.39 is 7.59 Å². The molecule has 0 aliphatic rings. The molecule has 1 rings (SSSR count). The van der Waals surface area contributed by atoms with Gasteiger partial charge < -0.3 is 0 Å². The Labute approximate surface area is 84.7 Å². The summed E-state index contributed by atoms with van der Waals surface area (Å²) in [7, 11) is -1.23. The summed E-state index contributed by atoms with van der Waals surface area (Å²) < 4.78 is 0. The van der Waals surface area contributed by atoms with Crippen LogP contribution in [0.1, 0.15) is 21.5 Å². The van der Waals surface area contributed by atoms with Crippen LogP contribution in [0.25, 0.3) is 0 Å². The third-order valence-corrected chi connectivity index (χ3v) is 13.7. The molecule has 0 radical (unpaired) electrons. The summed E-state index contributed by atoms with van der Waals surface area (Å²) in [6, 6.07) is 0. The van der Waals surface area contributed by atoms with Crippen molar-refractivity contribution in [2.45, 2.75) is 47.3 Å². The van der Waals surface area contributed by atoms with E-state index in [1.807, 2.05) is 0 Å². The Hall–Kier alpha value is -0.0862. The molecule has 0 N–H and O–H groups in total. The molecule has 0 fully saturated rings. The van der Waals surface area contributed by atoms with Gasteiger partial charge >= 0.3 is 0 Å². The highest BCUT2D eigenvalue weighted by molar-refractivity contribution is 7.29. The van der Waals surface area contributed by atoms with Crippen molar-refractivity contribution in [2.24, 2.45) is 0 Å². The van der Waals surface area contributed by atoms with Crippen molar-refractivity contribution in [2.75, 3.05) is 0 Å². The van der Waals surface area contributed by atoms with Crippen LogP contribution in [-0.2, 0) is 0 Å². The van der Waals surface area contributed by atoms with E-state index in [0.29, 0.717) is 0 Å². The molecule has 0 bridgehead atoms. The van der Waals surface area contributed by atoms with E-state index >= 15 is 0 Å². The lowest BCUT2D eigenvalue weighted by molar-refractivity contribution is 1.32. The lowest BCUT2D eigenvalue weighted by Gasteiger charge is -2.32. The Bertz CT molecular complexity index is 301. The minimum absolute atomic E-state index is 0.282. The van der Waals surface area contributed by atoms with E-state index in [4.69, 9.17) is 0 Å². The van der Waals surface area contributed by atoms with Crippen molar-refractivity contribution in [3.63, 3.8) is 0 Å². The topological polar surface area (TPSA) is 0 Å². The summed E-state index contributed by atoms with van der Waals surface area (Å²) >= 11 is 0. The fourth-order valence-electron chi connectivity index (χ4n) is 2.34. The van der Waals surface area contributed by atoms with Gasteiger partial charge in [0, 0.05) is 0 Å². The van der Waals surface area contributed by atoms with Crippen LogP contribution in [0.15, 0.2) is 0 Å². The lowest BCUT2D eigenvalue weighted by Crippen LogP contribution is -2.35. The first-order valence-corrected chi connectivity index (χ1v) is 11.0. The number of hydrogen-bond donors (Lipinski definition) is 0. The van der Waals surface area contributed by atoms with Gasteiger partial charge in [-0.15, -0.1) is 0 Å². The third-order valence-electron chi connectivity index (χ3n) is 3.19. The zero-order chi connectivity index (χ0) is 10.4. The highest BCUT2D eigenvalue weighted by Crippen LogP contribution is 2.23. The maximum absolute atomic E-state index is 2.51. The summed E-state index contributed by atoms with van der Waals surface area (Å²) in [5.74, 6) is 0. The molecule has 0 saturated carbocycles. The molecule has 0 aliphatic carbocycles. The predicted octanol–water partition coefficient (Wildman–Crippen LogP) is 3.35. The van der Waals surface area contributed by atoms with Crippen LogP contribution in [0.5, 0.6) is 0 Å². The monoisotopic (exact) mass is 209 g/mol. The van der Waals surface area contributed by atoms with Crippen molar-refractivity contribution in [1.29, 1.82) is 0 Å². The van der Waals surface area contributed by atoms with Crippen LogP contribution in [0.3, 0.4) is 0 Å². The number of hydrogen-bond acceptors (Lipinski definition) is 0. The average Bonchev–Trinajstić information content (AvgIpc) is 2.14.